The van der Waals surface area contributed by atoms with Crippen LogP contribution >= 0.6 is 0 Å². The molecule has 174 valence electrons. The lowest BCUT2D eigenvalue weighted by atomic mass is 9.80. The molecule has 1 saturated heterocycles. The summed E-state index contributed by atoms with van der Waals surface area (Å²) in [5.74, 6) is 1.26. The Balaban J connectivity index is 1.56. The molecule has 4 heteroatoms. The molecule has 32 heavy (non-hydrogen) atoms. The molecule has 2 atom stereocenters. The number of rotatable bonds is 6. The smallest absolute Gasteiger partial charge is 0.125 e. The highest BCUT2D eigenvalue weighted by Gasteiger charge is 2.50. The van der Waals surface area contributed by atoms with Gasteiger partial charge in [0.1, 0.15) is 18.0 Å². The van der Waals surface area contributed by atoms with Crippen molar-refractivity contribution in [2.75, 3.05) is 13.2 Å². The number of benzene rings is 1. The summed E-state index contributed by atoms with van der Waals surface area (Å²) in [5, 5.41) is 3.97. The van der Waals surface area contributed by atoms with Gasteiger partial charge in [-0.25, -0.2) is 4.99 Å². The van der Waals surface area contributed by atoms with Gasteiger partial charge in [0.2, 0.25) is 0 Å². The van der Waals surface area contributed by atoms with E-state index in [0.717, 1.165) is 39.0 Å². The minimum absolute atomic E-state index is 0.00994. The summed E-state index contributed by atoms with van der Waals surface area (Å²) in [5.41, 5.74) is 2.72. The molecule has 2 fully saturated rings. The second-order valence-electron chi connectivity index (χ2n) is 9.87. The van der Waals surface area contributed by atoms with Gasteiger partial charge in [-0.15, -0.1) is 0 Å². The minimum atomic E-state index is -0.00994. The van der Waals surface area contributed by atoms with Gasteiger partial charge in [-0.3, -0.25) is 4.90 Å². The molecule has 0 bridgehead atoms. The van der Waals surface area contributed by atoms with Crippen molar-refractivity contribution in [3.05, 3.63) is 59.8 Å². The van der Waals surface area contributed by atoms with Crippen molar-refractivity contribution in [3.8, 4) is 0 Å². The van der Waals surface area contributed by atoms with Crippen LogP contribution in [0.15, 0.2) is 59.2 Å². The average Bonchev–Trinajstić information content (AvgIpc) is 3.15. The highest BCUT2D eigenvalue weighted by atomic mass is 15.4. The Hall–Kier alpha value is -2.07. The van der Waals surface area contributed by atoms with Crippen LogP contribution in [0.3, 0.4) is 0 Å². The first-order chi connectivity index (χ1) is 15.7. The normalized spacial score (nSPS) is 28.0. The van der Waals surface area contributed by atoms with Gasteiger partial charge in [-0.2, -0.15) is 0 Å². The largest absolute Gasteiger partial charge is 0.369 e. The summed E-state index contributed by atoms with van der Waals surface area (Å²) in [4.78, 5) is 10.4. The van der Waals surface area contributed by atoms with E-state index in [1.807, 2.05) is 0 Å². The fourth-order valence-corrected chi connectivity index (χ4v) is 5.86. The molecule has 0 aromatic heterocycles. The van der Waals surface area contributed by atoms with Crippen LogP contribution in [0.5, 0.6) is 0 Å². The number of allylic oxidation sites excluding steroid dienone is 3. The number of hydrogen-bond donors (Lipinski definition) is 1. The van der Waals surface area contributed by atoms with Gasteiger partial charge in [-0.05, 0) is 57.6 Å². The quantitative estimate of drug-likeness (QED) is 0.568. The molecule has 0 amide bonds. The predicted molar refractivity (Wildman–Crippen MR) is 136 cm³/mol. The van der Waals surface area contributed by atoms with Crippen molar-refractivity contribution < 1.29 is 0 Å². The van der Waals surface area contributed by atoms with Crippen LogP contribution in [0, 0.1) is 0 Å². The molecular formula is C28H42N4. The van der Waals surface area contributed by atoms with Crippen molar-refractivity contribution in [3.63, 3.8) is 0 Å². The Morgan fingerprint density at radius 1 is 1.19 bits per heavy atom. The lowest BCUT2D eigenvalue weighted by Crippen LogP contribution is -2.62. The number of hydrogen-bond acceptors (Lipinski definition) is 4. The van der Waals surface area contributed by atoms with Gasteiger partial charge in [-0.1, -0.05) is 68.7 Å². The SMILES string of the molecule is C/C=C(\C=C/CC)N1CN=C(NC2CCCCC2)C12CCN(Cc1ccccc1)C(C)C2. The first-order valence-corrected chi connectivity index (χ1v) is 12.9. The standard InChI is InChI=1S/C28H42N4/c1-4-6-17-26(5-2)32-22-29-27(30-25-15-11-8-12-16-25)28(32)18-19-31(23(3)20-28)21-24-13-9-7-10-14-24/h5-7,9-10,13-14,17,23,25H,4,8,11-12,15-16,18-22H2,1-3H3,(H,29,30)/b17-6-,26-5+. The monoisotopic (exact) mass is 434 g/mol. The van der Waals surface area contributed by atoms with Crippen molar-refractivity contribution in [1.82, 2.24) is 15.1 Å². The zero-order valence-electron chi connectivity index (χ0n) is 20.4. The number of likely N-dealkylation sites (tertiary alicyclic amines) is 1. The second kappa shape index (κ2) is 10.7. The van der Waals surface area contributed by atoms with Crippen LogP contribution in [-0.4, -0.2) is 46.5 Å². The van der Waals surface area contributed by atoms with Gasteiger partial charge in [0.15, 0.2) is 0 Å². The molecule has 4 nitrogen and oxygen atoms in total. The number of piperidine rings is 1. The maximum atomic E-state index is 5.15. The van der Waals surface area contributed by atoms with Crippen LogP contribution in [-0.2, 0) is 6.54 Å². The Labute approximate surface area is 195 Å². The molecule has 1 aromatic rings. The van der Waals surface area contributed by atoms with Crippen LogP contribution in [0.2, 0.25) is 0 Å². The molecule has 3 aliphatic rings. The van der Waals surface area contributed by atoms with Gasteiger partial charge < -0.3 is 10.2 Å². The van der Waals surface area contributed by atoms with E-state index in [1.54, 1.807) is 0 Å². The third kappa shape index (κ3) is 4.96. The van der Waals surface area contributed by atoms with E-state index in [9.17, 15) is 0 Å². The Kier molecular flexibility index (Phi) is 7.72. The molecule has 2 aliphatic heterocycles. The van der Waals surface area contributed by atoms with E-state index in [-0.39, 0.29) is 5.54 Å². The van der Waals surface area contributed by atoms with Gasteiger partial charge >= 0.3 is 0 Å². The maximum absolute atomic E-state index is 5.15. The molecule has 1 N–H and O–H groups in total. The molecule has 2 heterocycles. The van der Waals surface area contributed by atoms with Crippen molar-refractivity contribution in [2.24, 2.45) is 4.99 Å². The lowest BCUT2D eigenvalue weighted by Gasteiger charge is -2.50. The summed E-state index contributed by atoms with van der Waals surface area (Å²) >= 11 is 0. The summed E-state index contributed by atoms with van der Waals surface area (Å²) in [6.07, 6.45) is 16.8. The van der Waals surface area contributed by atoms with Gasteiger partial charge in [0.05, 0.1) is 0 Å². The summed E-state index contributed by atoms with van der Waals surface area (Å²) in [6, 6.07) is 12.0. The molecule has 2 unspecified atom stereocenters. The molecule has 1 aliphatic carbocycles. The van der Waals surface area contributed by atoms with Crippen LogP contribution in [0.4, 0.5) is 0 Å². The molecular weight excluding hydrogens is 392 g/mol. The maximum Gasteiger partial charge on any atom is 0.125 e. The number of amidine groups is 1. The zero-order valence-corrected chi connectivity index (χ0v) is 20.4. The third-order valence-electron chi connectivity index (χ3n) is 7.70. The topological polar surface area (TPSA) is 30.9 Å². The van der Waals surface area contributed by atoms with E-state index in [2.05, 4.69) is 84.4 Å². The Morgan fingerprint density at radius 3 is 2.66 bits per heavy atom. The van der Waals surface area contributed by atoms with Crippen molar-refractivity contribution in [2.45, 2.75) is 96.3 Å². The van der Waals surface area contributed by atoms with E-state index < -0.39 is 0 Å². The second-order valence-corrected chi connectivity index (χ2v) is 9.87. The van der Waals surface area contributed by atoms with Gasteiger partial charge in [0, 0.05) is 30.9 Å². The highest BCUT2D eigenvalue weighted by molar-refractivity contribution is 5.94. The first-order valence-electron chi connectivity index (χ1n) is 12.9. The van der Waals surface area contributed by atoms with Crippen LogP contribution in [0.25, 0.3) is 0 Å². The summed E-state index contributed by atoms with van der Waals surface area (Å²) in [6.45, 7) is 9.70. The zero-order chi connectivity index (χ0) is 22.4. The number of aliphatic imine (C=N–C) groups is 1. The molecule has 1 spiro atoms. The molecule has 1 aromatic carbocycles. The molecule has 0 radical (unpaired) electrons. The minimum Gasteiger partial charge on any atom is -0.369 e. The number of nitrogens with zero attached hydrogens (tertiary/aromatic N) is 3. The molecule has 1 saturated carbocycles. The molecule has 4 rings (SSSR count). The van der Waals surface area contributed by atoms with Crippen molar-refractivity contribution in [1.29, 1.82) is 0 Å². The van der Waals surface area contributed by atoms with Crippen LogP contribution in [0.1, 0.15) is 77.7 Å². The van der Waals surface area contributed by atoms with Gasteiger partial charge in [0.25, 0.3) is 0 Å². The first kappa shape index (κ1) is 23.1. The summed E-state index contributed by atoms with van der Waals surface area (Å²) < 4.78 is 0. The van der Waals surface area contributed by atoms with Crippen LogP contribution < -0.4 is 5.32 Å². The fraction of sp³-hybridized carbons (Fsp3) is 0.607. The Bertz CT molecular complexity index is 821. The van der Waals surface area contributed by atoms with E-state index in [4.69, 9.17) is 4.99 Å². The number of nitrogens with one attached hydrogen (secondary N) is 1. The average molecular weight is 435 g/mol. The fourth-order valence-electron chi connectivity index (χ4n) is 5.86. The van der Waals surface area contributed by atoms with E-state index in [0.29, 0.717) is 12.1 Å². The lowest BCUT2D eigenvalue weighted by molar-refractivity contribution is 0.0627. The predicted octanol–water partition coefficient (Wildman–Crippen LogP) is 5.87. The van der Waals surface area contributed by atoms with E-state index >= 15 is 0 Å². The summed E-state index contributed by atoms with van der Waals surface area (Å²) in [7, 11) is 0. The van der Waals surface area contributed by atoms with E-state index in [1.165, 1.54) is 49.2 Å². The van der Waals surface area contributed by atoms with Crippen molar-refractivity contribution >= 4 is 5.84 Å². The Morgan fingerprint density at radius 2 is 1.97 bits per heavy atom. The highest BCUT2D eigenvalue weighted by Crippen LogP contribution is 2.40. The third-order valence-corrected chi connectivity index (χ3v) is 7.70.